The van der Waals surface area contributed by atoms with Crippen molar-refractivity contribution in [3.05, 3.63) is 33.3 Å². The average molecular weight is 319 g/mol. The second-order valence-corrected chi connectivity index (χ2v) is 7.64. The molecule has 1 fully saturated rings. The molecule has 0 aromatic heterocycles. The van der Waals surface area contributed by atoms with E-state index in [2.05, 4.69) is 5.32 Å². The number of nitro benzene ring substituents is 1. The standard InChI is InChI=1S/C12H15ClN2O4S/c1-20(18,19)12-4-2-3-10(12)14-8-5-6-11(15(16)17)9(13)7-8/h5-7,10,12,14H,2-4H2,1H3. The van der Waals surface area contributed by atoms with Crippen LogP contribution in [-0.2, 0) is 9.84 Å². The molecule has 0 heterocycles. The third-order valence-electron chi connectivity index (χ3n) is 3.50. The molecule has 1 saturated carbocycles. The summed E-state index contributed by atoms with van der Waals surface area (Å²) in [5.41, 5.74) is 0.435. The van der Waals surface area contributed by atoms with Crippen LogP contribution in [0.2, 0.25) is 5.02 Å². The first kappa shape index (κ1) is 15.1. The van der Waals surface area contributed by atoms with Gasteiger partial charge in [-0.3, -0.25) is 10.1 Å². The molecule has 110 valence electrons. The Kier molecular flexibility index (Phi) is 4.19. The van der Waals surface area contributed by atoms with E-state index < -0.39 is 20.0 Å². The van der Waals surface area contributed by atoms with Crippen LogP contribution in [0, 0.1) is 10.1 Å². The summed E-state index contributed by atoms with van der Waals surface area (Å²) >= 11 is 5.84. The molecule has 1 aromatic carbocycles. The highest BCUT2D eigenvalue weighted by Gasteiger charge is 2.34. The Morgan fingerprint density at radius 1 is 1.40 bits per heavy atom. The van der Waals surface area contributed by atoms with Gasteiger partial charge in [0.05, 0.1) is 10.2 Å². The van der Waals surface area contributed by atoms with Gasteiger partial charge in [0, 0.05) is 24.1 Å². The fourth-order valence-electron chi connectivity index (χ4n) is 2.56. The van der Waals surface area contributed by atoms with E-state index in [-0.39, 0.29) is 16.8 Å². The van der Waals surface area contributed by atoms with Gasteiger partial charge in [0.1, 0.15) is 5.02 Å². The van der Waals surface area contributed by atoms with Gasteiger partial charge in [-0.2, -0.15) is 0 Å². The Bertz CT molecular complexity index is 632. The zero-order valence-electron chi connectivity index (χ0n) is 10.9. The molecule has 0 amide bonds. The summed E-state index contributed by atoms with van der Waals surface area (Å²) in [6, 6.07) is 4.14. The van der Waals surface area contributed by atoms with Crippen molar-refractivity contribution >= 4 is 32.8 Å². The van der Waals surface area contributed by atoms with Crippen LogP contribution in [0.3, 0.4) is 0 Å². The fourth-order valence-corrected chi connectivity index (χ4v) is 4.21. The van der Waals surface area contributed by atoms with Crippen LogP contribution in [0.25, 0.3) is 0 Å². The number of anilines is 1. The molecule has 1 N–H and O–H groups in total. The van der Waals surface area contributed by atoms with Gasteiger partial charge >= 0.3 is 0 Å². The number of hydrogen-bond donors (Lipinski definition) is 1. The summed E-state index contributed by atoms with van der Waals surface area (Å²) < 4.78 is 23.4. The van der Waals surface area contributed by atoms with E-state index in [0.29, 0.717) is 12.1 Å². The quantitative estimate of drug-likeness (QED) is 0.681. The topological polar surface area (TPSA) is 89.3 Å². The van der Waals surface area contributed by atoms with Gasteiger partial charge in [-0.15, -0.1) is 0 Å². The minimum Gasteiger partial charge on any atom is -0.381 e. The smallest absolute Gasteiger partial charge is 0.288 e. The van der Waals surface area contributed by atoms with E-state index in [0.717, 1.165) is 12.8 Å². The summed E-state index contributed by atoms with van der Waals surface area (Å²) in [5, 5.41) is 13.4. The molecule has 8 heteroatoms. The van der Waals surface area contributed by atoms with Gasteiger partial charge in [-0.05, 0) is 31.4 Å². The Morgan fingerprint density at radius 2 is 2.10 bits per heavy atom. The molecule has 2 unspecified atom stereocenters. The van der Waals surface area contributed by atoms with Crippen LogP contribution in [0.15, 0.2) is 18.2 Å². The largest absolute Gasteiger partial charge is 0.381 e. The van der Waals surface area contributed by atoms with Crippen molar-refractivity contribution in [1.29, 1.82) is 0 Å². The number of halogens is 1. The second kappa shape index (κ2) is 5.57. The Hall–Kier alpha value is -1.34. The maximum atomic E-state index is 11.7. The molecule has 0 radical (unpaired) electrons. The third kappa shape index (κ3) is 3.21. The summed E-state index contributed by atoms with van der Waals surface area (Å²) in [5.74, 6) is 0. The molecule has 0 spiro atoms. The van der Waals surface area contributed by atoms with E-state index >= 15 is 0 Å². The van der Waals surface area contributed by atoms with Gasteiger partial charge in [-0.1, -0.05) is 11.6 Å². The third-order valence-corrected chi connectivity index (χ3v) is 5.47. The van der Waals surface area contributed by atoms with Crippen molar-refractivity contribution in [2.45, 2.75) is 30.6 Å². The van der Waals surface area contributed by atoms with E-state index in [4.69, 9.17) is 11.6 Å². The van der Waals surface area contributed by atoms with Crippen LogP contribution in [0.1, 0.15) is 19.3 Å². The van der Waals surface area contributed by atoms with Crippen molar-refractivity contribution in [2.24, 2.45) is 0 Å². The summed E-state index contributed by atoms with van der Waals surface area (Å²) in [6.45, 7) is 0. The SMILES string of the molecule is CS(=O)(=O)C1CCCC1Nc1ccc([N+](=O)[O-])c(Cl)c1. The van der Waals surface area contributed by atoms with Crippen molar-refractivity contribution in [1.82, 2.24) is 0 Å². The first-order valence-electron chi connectivity index (χ1n) is 6.18. The molecule has 1 aliphatic rings. The molecule has 0 saturated heterocycles. The second-order valence-electron chi connectivity index (χ2n) is 4.97. The summed E-state index contributed by atoms with van der Waals surface area (Å²) in [7, 11) is -3.11. The van der Waals surface area contributed by atoms with Crippen LogP contribution < -0.4 is 5.32 Å². The molecule has 0 aliphatic heterocycles. The van der Waals surface area contributed by atoms with E-state index in [1.54, 1.807) is 6.07 Å². The van der Waals surface area contributed by atoms with Crippen molar-refractivity contribution in [2.75, 3.05) is 11.6 Å². The number of rotatable bonds is 4. The molecule has 2 rings (SSSR count). The van der Waals surface area contributed by atoms with Crippen LogP contribution in [0.4, 0.5) is 11.4 Å². The number of sulfone groups is 1. The van der Waals surface area contributed by atoms with E-state index in [1.165, 1.54) is 18.4 Å². The number of nitrogens with zero attached hydrogens (tertiary/aromatic N) is 1. The molecule has 1 aromatic rings. The van der Waals surface area contributed by atoms with Gasteiger partial charge in [0.25, 0.3) is 5.69 Å². The van der Waals surface area contributed by atoms with Gasteiger partial charge in [0.2, 0.25) is 0 Å². The minimum absolute atomic E-state index is 0.0360. The van der Waals surface area contributed by atoms with Crippen molar-refractivity contribution < 1.29 is 13.3 Å². The Balaban J connectivity index is 2.18. The number of nitrogens with one attached hydrogen (secondary N) is 1. The lowest BCUT2D eigenvalue weighted by atomic mass is 10.2. The summed E-state index contributed by atoms with van der Waals surface area (Å²) in [4.78, 5) is 10.1. The lowest BCUT2D eigenvalue weighted by Crippen LogP contribution is -2.34. The van der Waals surface area contributed by atoms with Gasteiger partial charge < -0.3 is 5.32 Å². The molecular weight excluding hydrogens is 304 g/mol. The first-order valence-corrected chi connectivity index (χ1v) is 8.51. The predicted molar refractivity (Wildman–Crippen MR) is 78.0 cm³/mol. The zero-order valence-corrected chi connectivity index (χ0v) is 12.4. The number of benzene rings is 1. The molecule has 2 atom stereocenters. The molecular formula is C12H15ClN2O4S. The lowest BCUT2D eigenvalue weighted by Gasteiger charge is -2.20. The maximum absolute atomic E-state index is 11.7. The highest BCUT2D eigenvalue weighted by atomic mass is 35.5. The first-order chi connectivity index (χ1) is 9.29. The van der Waals surface area contributed by atoms with E-state index in [1.807, 2.05) is 0 Å². The van der Waals surface area contributed by atoms with Crippen molar-refractivity contribution in [3.8, 4) is 0 Å². The highest BCUT2D eigenvalue weighted by Crippen LogP contribution is 2.31. The lowest BCUT2D eigenvalue weighted by molar-refractivity contribution is -0.384. The van der Waals surface area contributed by atoms with Crippen molar-refractivity contribution in [3.63, 3.8) is 0 Å². The monoisotopic (exact) mass is 318 g/mol. The average Bonchev–Trinajstić information content (AvgIpc) is 2.76. The molecule has 0 bridgehead atoms. The Morgan fingerprint density at radius 3 is 2.65 bits per heavy atom. The molecule has 20 heavy (non-hydrogen) atoms. The predicted octanol–water partition coefficient (Wildman–Crippen LogP) is 2.63. The van der Waals surface area contributed by atoms with Crippen LogP contribution >= 0.6 is 11.6 Å². The van der Waals surface area contributed by atoms with Crippen LogP contribution in [-0.4, -0.2) is 30.9 Å². The zero-order chi connectivity index (χ0) is 14.9. The molecule has 1 aliphatic carbocycles. The normalized spacial score (nSPS) is 22.7. The number of nitro groups is 1. The molecule has 6 nitrogen and oxygen atoms in total. The van der Waals surface area contributed by atoms with Gasteiger partial charge in [-0.25, -0.2) is 8.42 Å². The number of hydrogen-bond acceptors (Lipinski definition) is 5. The summed E-state index contributed by atoms with van der Waals surface area (Å²) in [6.07, 6.45) is 3.47. The Labute approximate surface area is 122 Å². The van der Waals surface area contributed by atoms with Crippen LogP contribution in [0.5, 0.6) is 0 Å². The highest BCUT2D eigenvalue weighted by molar-refractivity contribution is 7.91. The van der Waals surface area contributed by atoms with E-state index in [9.17, 15) is 18.5 Å². The maximum Gasteiger partial charge on any atom is 0.288 e. The fraction of sp³-hybridized carbons (Fsp3) is 0.500. The van der Waals surface area contributed by atoms with Gasteiger partial charge in [0.15, 0.2) is 9.84 Å². The minimum atomic E-state index is -3.11.